The average Bonchev–Trinajstić information content (AvgIpc) is 3.76. The number of unbranched alkanes of at least 4 members (excludes halogenated alkanes) is 2. The van der Waals surface area contributed by atoms with Crippen molar-refractivity contribution in [2.24, 2.45) is 11.7 Å². The molecule has 0 bridgehead atoms. The van der Waals surface area contributed by atoms with Crippen LogP contribution < -0.4 is 29.4 Å². The number of methoxy groups -OCH3 is 1. The third kappa shape index (κ3) is 6.78. The second-order valence-electron chi connectivity index (χ2n) is 11.3. The lowest BCUT2D eigenvalue weighted by Gasteiger charge is -2.30. The summed E-state index contributed by atoms with van der Waals surface area (Å²) in [7, 11) is 1.55. The zero-order chi connectivity index (χ0) is 30.3. The summed E-state index contributed by atoms with van der Waals surface area (Å²) in [6, 6.07) is 9.07. The molecule has 3 N–H and O–H groups in total. The van der Waals surface area contributed by atoms with Crippen molar-refractivity contribution < 1.29 is 38.4 Å². The van der Waals surface area contributed by atoms with E-state index < -0.39 is 17.9 Å². The van der Waals surface area contributed by atoms with Gasteiger partial charge in [0.25, 0.3) is 0 Å². The number of para-hydroxylation sites is 1. The van der Waals surface area contributed by atoms with Crippen LogP contribution in [-0.2, 0) is 16.0 Å². The third-order valence-corrected chi connectivity index (χ3v) is 8.68. The number of carboxylic acid groups (broad SMARTS) is 1. The molecule has 11 nitrogen and oxygen atoms in total. The predicted octanol–water partition coefficient (Wildman–Crippen LogP) is 3.62. The molecule has 11 heteroatoms. The number of amides is 1. The van der Waals surface area contributed by atoms with Crippen molar-refractivity contribution in [2.45, 2.75) is 57.4 Å². The van der Waals surface area contributed by atoms with Crippen molar-refractivity contribution in [3.8, 4) is 28.7 Å². The molecule has 1 saturated heterocycles. The normalized spacial score (nSPS) is 20.4. The molecule has 5 rings (SSSR count). The number of nitrogens with zero attached hydrogens (tertiary/aromatic N) is 2. The van der Waals surface area contributed by atoms with Gasteiger partial charge in [-0.3, -0.25) is 14.5 Å². The van der Waals surface area contributed by atoms with Crippen LogP contribution in [0.15, 0.2) is 30.3 Å². The van der Waals surface area contributed by atoms with Crippen molar-refractivity contribution in [2.75, 3.05) is 53.4 Å². The highest BCUT2D eigenvalue weighted by Gasteiger charge is 2.47. The molecule has 1 amide bonds. The van der Waals surface area contributed by atoms with Crippen molar-refractivity contribution in [1.29, 1.82) is 0 Å². The first-order valence-corrected chi connectivity index (χ1v) is 15.2. The fourth-order valence-corrected chi connectivity index (χ4v) is 6.48. The first kappa shape index (κ1) is 30.7. The van der Waals surface area contributed by atoms with Crippen molar-refractivity contribution in [1.82, 2.24) is 9.80 Å². The fraction of sp³-hybridized carbons (Fsp3) is 0.562. The van der Waals surface area contributed by atoms with Crippen molar-refractivity contribution in [3.63, 3.8) is 0 Å². The van der Waals surface area contributed by atoms with E-state index in [1.54, 1.807) is 7.11 Å². The van der Waals surface area contributed by atoms with E-state index in [0.29, 0.717) is 67.8 Å². The largest absolute Gasteiger partial charge is 0.493 e. The predicted molar refractivity (Wildman–Crippen MR) is 159 cm³/mol. The minimum absolute atomic E-state index is 0.0147. The van der Waals surface area contributed by atoms with Crippen LogP contribution in [0.5, 0.6) is 28.7 Å². The minimum atomic E-state index is -0.898. The first-order valence-electron chi connectivity index (χ1n) is 15.2. The molecule has 3 heterocycles. The number of aryl methyl sites for hydroxylation is 1. The maximum atomic E-state index is 13.8. The van der Waals surface area contributed by atoms with Crippen LogP contribution in [0.2, 0.25) is 0 Å². The monoisotopic (exact) mass is 597 g/mol. The van der Waals surface area contributed by atoms with Gasteiger partial charge in [-0.1, -0.05) is 25.5 Å². The number of hydrogen-bond acceptors (Lipinski definition) is 9. The van der Waals surface area contributed by atoms with Gasteiger partial charge in [0.05, 0.1) is 19.6 Å². The van der Waals surface area contributed by atoms with Crippen LogP contribution in [-0.4, -0.2) is 86.2 Å². The van der Waals surface area contributed by atoms with E-state index in [-0.39, 0.29) is 32.0 Å². The maximum Gasteiger partial charge on any atom is 0.308 e. The number of benzene rings is 2. The Morgan fingerprint density at radius 1 is 1.05 bits per heavy atom. The number of ether oxygens (including phenoxy) is 5. The average molecular weight is 598 g/mol. The number of carbonyl (C=O) groups is 2. The molecule has 1 fully saturated rings. The number of carbonyl (C=O) groups excluding carboxylic acids is 1. The number of rotatable bonds is 15. The van der Waals surface area contributed by atoms with Crippen LogP contribution in [0.25, 0.3) is 0 Å². The van der Waals surface area contributed by atoms with Crippen LogP contribution in [0, 0.1) is 5.92 Å². The molecule has 2 aromatic rings. The van der Waals surface area contributed by atoms with Gasteiger partial charge in [-0.2, -0.15) is 0 Å². The van der Waals surface area contributed by atoms with Gasteiger partial charge in [0.2, 0.25) is 25.2 Å². The summed E-state index contributed by atoms with van der Waals surface area (Å²) in [5.41, 5.74) is 7.47. The SMILES string of the molecule is CCCCN(CCCCN)C(=O)CN1C[C@H](c2cc(OC)c3c(c2)OCO3)C(C(=O)O)[C@@H]1CCc1cccc2c1OCO2. The molecule has 0 saturated carbocycles. The van der Waals surface area contributed by atoms with Crippen LogP contribution in [0.3, 0.4) is 0 Å². The number of hydrogen-bond donors (Lipinski definition) is 2. The molecule has 3 aliphatic heterocycles. The molecular weight excluding hydrogens is 554 g/mol. The Morgan fingerprint density at radius 2 is 1.81 bits per heavy atom. The molecule has 3 atom stereocenters. The number of carboxylic acids is 1. The van der Waals surface area contributed by atoms with Crippen molar-refractivity contribution in [3.05, 3.63) is 41.5 Å². The van der Waals surface area contributed by atoms with Gasteiger partial charge in [0.1, 0.15) is 0 Å². The fourth-order valence-electron chi connectivity index (χ4n) is 6.48. The summed E-state index contributed by atoms with van der Waals surface area (Å²) in [6.45, 7) is 4.82. The van der Waals surface area contributed by atoms with Gasteiger partial charge in [-0.05, 0) is 68.0 Å². The highest BCUT2D eigenvalue weighted by Crippen LogP contribution is 2.47. The summed E-state index contributed by atoms with van der Waals surface area (Å²) in [5, 5.41) is 10.6. The second kappa shape index (κ2) is 14.2. The Balaban J connectivity index is 1.44. The summed E-state index contributed by atoms with van der Waals surface area (Å²) in [4.78, 5) is 30.7. The zero-order valence-corrected chi connectivity index (χ0v) is 25.1. The van der Waals surface area contributed by atoms with Crippen LogP contribution in [0.1, 0.15) is 56.1 Å². The van der Waals surface area contributed by atoms with Crippen LogP contribution in [0.4, 0.5) is 0 Å². The van der Waals surface area contributed by atoms with E-state index in [9.17, 15) is 14.7 Å². The Kier molecular flexibility index (Phi) is 10.1. The number of fused-ring (bicyclic) bond motifs is 2. The smallest absolute Gasteiger partial charge is 0.308 e. The van der Waals surface area contributed by atoms with Crippen molar-refractivity contribution >= 4 is 11.9 Å². The van der Waals surface area contributed by atoms with Gasteiger partial charge < -0.3 is 39.4 Å². The Hall–Kier alpha value is -3.70. The van der Waals surface area contributed by atoms with Gasteiger partial charge >= 0.3 is 5.97 Å². The van der Waals surface area contributed by atoms with Gasteiger partial charge in [0, 0.05) is 31.6 Å². The number of likely N-dealkylation sites (tertiary alicyclic amines) is 1. The van der Waals surface area contributed by atoms with Crippen LogP contribution >= 0.6 is 0 Å². The molecule has 0 aromatic heterocycles. The topological polar surface area (TPSA) is 133 Å². The Labute approximate surface area is 252 Å². The zero-order valence-electron chi connectivity index (χ0n) is 25.1. The third-order valence-electron chi connectivity index (χ3n) is 8.68. The highest BCUT2D eigenvalue weighted by atomic mass is 16.7. The van der Waals surface area contributed by atoms with E-state index in [1.165, 1.54) is 0 Å². The van der Waals surface area contributed by atoms with Gasteiger partial charge in [-0.15, -0.1) is 0 Å². The summed E-state index contributed by atoms with van der Waals surface area (Å²) in [6.07, 6.45) is 4.70. The molecule has 43 heavy (non-hydrogen) atoms. The van der Waals surface area contributed by atoms with E-state index in [0.717, 1.165) is 36.8 Å². The quantitative estimate of drug-likeness (QED) is 0.293. The Morgan fingerprint density at radius 3 is 2.56 bits per heavy atom. The summed E-state index contributed by atoms with van der Waals surface area (Å²) < 4.78 is 28.1. The van der Waals surface area contributed by atoms with E-state index in [1.807, 2.05) is 35.2 Å². The molecular formula is C32H43N3O8. The molecule has 0 spiro atoms. The van der Waals surface area contributed by atoms with E-state index >= 15 is 0 Å². The minimum Gasteiger partial charge on any atom is -0.493 e. The lowest BCUT2D eigenvalue weighted by molar-refractivity contribution is -0.143. The lowest BCUT2D eigenvalue weighted by Crippen LogP contribution is -2.45. The van der Waals surface area contributed by atoms with Gasteiger partial charge in [-0.25, -0.2) is 0 Å². The molecule has 2 aromatic carbocycles. The number of nitrogens with two attached hydrogens (primary N) is 1. The lowest BCUT2D eigenvalue weighted by atomic mass is 9.83. The Bertz CT molecular complexity index is 1290. The molecule has 0 aliphatic carbocycles. The second-order valence-corrected chi connectivity index (χ2v) is 11.3. The van der Waals surface area contributed by atoms with E-state index in [2.05, 4.69) is 11.8 Å². The number of aliphatic carboxylic acids is 1. The molecule has 0 radical (unpaired) electrons. The van der Waals surface area contributed by atoms with Gasteiger partial charge in [0.15, 0.2) is 23.0 Å². The maximum absolute atomic E-state index is 13.8. The molecule has 1 unspecified atom stereocenters. The summed E-state index contributed by atoms with van der Waals surface area (Å²) >= 11 is 0. The molecule has 3 aliphatic rings. The standard InChI is InChI=1S/C32H43N3O8/c1-3-4-13-34(14-6-5-12-33)28(36)18-35-17-23(22-15-26(39-2)31-27(16-22)41-20-43-31)29(32(37)38)24(35)11-10-21-8-7-9-25-30(21)42-19-40-25/h7-9,15-16,23-24,29H,3-6,10-14,17-20,33H2,1-2H3,(H,37,38)/t23-,24+,29?/m1/s1. The highest BCUT2D eigenvalue weighted by molar-refractivity contribution is 5.79. The summed E-state index contributed by atoms with van der Waals surface area (Å²) in [5.74, 6) is 0.928. The molecule has 234 valence electrons. The first-order chi connectivity index (χ1) is 20.9. The van der Waals surface area contributed by atoms with E-state index in [4.69, 9.17) is 29.4 Å².